The van der Waals surface area contributed by atoms with E-state index in [-0.39, 0.29) is 0 Å². The number of carbonyl (C=O) groups is 1. The van der Waals surface area contributed by atoms with E-state index in [0.717, 1.165) is 17.4 Å². The fraction of sp³-hybridized carbons (Fsp3) is 0.222. The Morgan fingerprint density at radius 2 is 1.82 bits per heavy atom. The van der Waals surface area contributed by atoms with Gasteiger partial charge in [-0.05, 0) is 55.3 Å². The minimum atomic E-state index is 0.300. The summed E-state index contributed by atoms with van der Waals surface area (Å²) in [7, 11) is 0. The van der Waals surface area contributed by atoms with Crippen LogP contribution >= 0.6 is 0 Å². The lowest BCUT2D eigenvalue weighted by Gasteiger charge is -2.11. The van der Waals surface area contributed by atoms with Gasteiger partial charge in [0.25, 0.3) is 0 Å². The normalized spacial score (nSPS) is 9.86. The number of rotatable bonds is 6. The van der Waals surface area contributed by atoms with Gasteiger partial charge in [-0.3, -0.25) is 0 Å². The zero-order chi connectivity index (χ0) is 15.9. The predicted molar refractivity (Wildman–Crippen MR) is 83.3 cm³/mol. The first kappa shape index (κ1) is 15.6. The fourth-order valence-corrected chi connectivity index (χ4v) is 2.16. The zero-order valence-electron chi connectivity index (χ0n) is 12.6. The summed E-state index contributed by atoms with van der Waals surface area (Å²) < 4.78 is 11.3. The molecular formula is C18H17NO3. The Bertz CT molecular complexity index is 717. The lowest BCUT2D eigenvalue weighted by molar-refractivity contribution is -0.107. The van der Waals surface area contributed by atoms with Crippen LogP contribution in [-0.4, -0.2) is 12.9 Å². The molecule has 0 aromatic heterocycles. The lowest BCUT2D eigenvalue weighted by Crippen LogP contribution is -1.96. The highest BCUT2D eigenvalue weighted by molar-refractivity contribution is 5.57. The highest BCUT2D eigenvalue weighted by atomic mass is 16.5. The molecule has 0 heterocycles. The van der Waals surface area contributed by atoms with Crippen molar-refractivity contribution in [3.05, 3.63) is 53.1 Å². The molecular weight excluding hydrogens is 278 g/mol. The van der Waals surface area contributed by atoms with E-state index in [4.69, 9.17) is 14.7 Å². The Labute approximate surface area is 129 Å². The maximum absolute atomic E-state index is 10.7. The van der Waals surface area contributed by atoms with Crippen molar-refractivity contribution >= 4 is 6.29 Å². The molecule has 22 heavy (non-hydrogen) atoms. The summed E-state index contributed by atoms with van der Waals surface area (Å²) in [5.74, 6) is 1.82. The number of hydrogen-bond donors (Lipinski definition) is 0. The topological polar surface area (TPSA) is 59.3 Å². The molecule has 0 saturated carbocycles. The number of aryl methyl sites for hydroxylation is 1. The van der Waals surface area contributed by atoms with Gasteiger partial charge in [-0.15, -0.1) is 0 Å². The molecule has 0 N–H and O–H groups in total. The Kier molecular flexibility index (Phi) is 5.16. The number of ether oxygens (including phenoxy) is 2. The fourth-order valence-electron chi connectivity index (χ4n) is 2.16. The van der Waals surface area contributed by atoms with Crippen LogP contribution in [-0.2, 0) is 11.2 Å². The van der Waals surface area contributed by atoms with Crippen LogP contribution in [0.25, 0.3) is 0 Å². The van der Waals surface area contributed by atoms with Gasteiger partial charge in [0.15, 0.2) is 0 Å². The Morgan fingerprint density at radius 3 is 2.50 bits per heavy atom. The van der Waals surface area contributed by atoms with E-state index in [1.807, 2.05) is 26.0 Å². The van der Waals surface area contributed by atoms with Crippen molar-refractivity contribution in [3.63, 3.8) is 0 Å². The first-order chi connectivity index (χ1) is 10.6. The molecule has 0 fully saturated rings. The summed E-state index contributed by atoms with van der Waals surface area (Å²) in [5, 5.41) is 9.02. The van der Waals surface area contributed by atoms with Crippen molar-refractivity contribution in [2.75, 3.05) is 6.61 Å². The highest BCUT2D eigenvalue weighted by Gasteiger charge is 2.06. The number of benzene rings is 2. The van der Waals surface area contributed by atoms with Crippen molar-refractivity contribution in [1.29, 1.82) is 5.26 Å². The third kappa shape index (κ3) is 4.10. The molecule has 0 saturated heterocycles. The van der Waals surface area contributed by atoms with Gasteiger partial charge in [-0.2, -0.15) is 5.26 Å². The maximum atomic E-state index is 10.7. The largest absolute Gasteiger partial charge is 0.494 e. The van der Waals surface area contributed by atoms with Crippen LogP contribution in [0.2, 0.25) is 0 Å². The monoisotopic (exact) mass is 295 g/mol. The molecule has 0 aliphatic heterocycles. The van der Waals surface area contributed by atoms with Gasteiger partial charge >= 0.3 is 0 Å². The molecule has 4 heteroatoms. The molecule has 2 aromatic carbocycles. The van der Waals surface area contributed by atoms with Crippen LogP contribution in [0, 0.1) is 18.3 Å². The average molecular weight is 295 g/mol. The zero-order valence-corrected chi connectivity index (χ0v) is 12.6. The maximum Gasteiger partial charge on any atom is 0.131 e. The molecule has 2 aromatic rings. The molecule has 0 amide bonds. The molecule has 0 unspecified atom stereocenters. The highest BCUT2D eigenvalue weighted by Crippen LogP contribution is 2.28. The number of nitrogens with zero attached hydrogens (tertiary/aromatic N) is 1. The molecule has 0 spiro atoms. The Hall–Kier alpha value is -2.80. The number of aldehydes is 1. The van der Waals surface area contributed by atoms with Gasteiger partial charge in [0.1, 0.15) is 23.5 Å². The van der Waals surface area contributed by atoms with E-state index in [1.165, 1.54) is 0 Å². The molecule has 0 bridgehead atoms. The van der Waals surface area contributed by atoms with E-state index in [9.17, 15) is 4.79 Å². The van der Waals surface area contributed by atoms with Crippen molar-refractivity contribution in [2.24, 2.45) is 0 Å². The van der Waals surface area contributed by atoms with Gasteiger partial charge in [-0.1, -0.05) is 0 Å². The van der Waals surface area contributed by atoms with Crippen molar-refractivity contribution in [1.82, 2.24) is 0 Å². The summed E-state index contributed by atoms with van der Waals surface area (Å²) in [6, 6.07) is 12.8. The summed E-state index contributed by atoms with van der Waals surface area (Å²) in [6.45, 7) is 4.34. The minimum Gasteiger partial charge on any atom is -0.494 e. The second-order valence-electron chi connectivity index (χ2n) is 4.87. The van der Waals surface area contributed by atoms with Gasteiger partial charge in [-0.25, -0.2) is 0 Å². The molecule has 112 valence electrons. The van der Waals surface area contributed by atoms with Gasteiger partial charge < -0.3 is 14.3 Å². The quantitative estimate of drug-likeness (QED) is 0.760. The van der Waals surface area contributed by atoms with Gasteiger partial charge in [0.2, 0.25) is 0 Å². The van der Waals surface area contributed by atoms with E-state index in [2.05, 4.69) is 6.07 Å². The van der Waals surface area contributed by atoms with E-state index in [0.29, 0.717) is 35.8 Å². The molecule has 4 nitrogen and oxygen atoms in total. The second kappa shape index (κ2) is 7.28. The standard InChI is InChI=1S/C18H17NO3/c1-3-21-16-8-14(4-5-20)9-18(11-16)22-17-7-13(2)6-15(10-17)12-19/h5-11H,3-4H2,1-2H3. The van der Waals surface area contributed by atoms with E-state index >= 15 is 0 Å². The molecule has 0 aliphatic rings. The Morgan fingerprint density at radius 1 is 1.09 bits per heavy atom. The number of carbonyl (C=O) groups excluding carboxylic acids is 1. The number of nitriles is 1. The Balaban J connectivity index is 2.33. The van der Waals surface area contributed by atoms with Gasteiger partial charge in [0.05, 0.1) is 18.2 Å². The summed E-state index contributed by atoms with van der Waals surface area (Å²) in [5.41, 5.74) is 2.32. The summed E-state index contributed by atoms with van der Waals surface area (Å²) in [4.78, 5) is 10.7. The van der Waals surface area contributed by atoms with Crippen LogP contribution in [0.4, 0.5) is 0 Å². The van der Waals surface area contributed by atoms with Crippen molar-refractivity contribution in [2.45, 2.75) is 20.3 Å². The molecule has 0 atom stereocenters. The molecule has 0 aliphatic carbocycles. The van der Waals surface area contributed by atoms with Crippen molar-refractivity contribution in [3.8, 4) is 23.3 Å². The first-order valence-corrected chi connectivity index (χ1v) is 7.04. The lowest BCUT2D eigenvalue weighted by atomic mass is 10.1. The smallest absolute Gasteiger partial charge is 0.131 e. The minimum absolute atomic E-state index is 0.300. The van der Waals surface area contributed by atoms with Crippen LogP contribution in [0.5, 0.6) is 17.2 Å². The summed E-state index contributed by atoms with van der Waals surface area (Å²) >= 11 is 0. The number of hydrogen-bond acceptors (Lipinski definition) is 4. The van der Waals surface area contributed by atoms with E-state index in [1.54, 1.807) is 24.3 Å². The van der Waals surface area contributed by atoms with Crippen molar-refractivity contribution < 1.29 is 14.3 Å². The van der Waals surface area contributed by atoms with Gasteiger partial charge in [0, 0.05) is 12.5 Å². The second-order valence-corrected chi connectivity index (χ2v) is 4.87. The third-order valence-electron chi connectivity index (χ3n) is 2.99. The average Bonchev–Trinajstić information content (AvgIpc) is 2.47. The summed E-state index contributed by atoms with van der Waals surface area (Å²) in [6.07, 6.45) is 1.14. The van der Waals surface area contributed by atoms with Crippen LogP contribution < -0.4 is 9.47 Å². The SMILES string of the molecule is CCOc1cc(CC=O)cc(Oc2cc(C)cc(C#N)c2)c1. The first-order valence-electron chi connectivity index (χ1n) is 7.04. The van der Waals surface area contributed by atoms with Crippen LogP contribution in [0.1, 0.15) is 23.6 Å². The predicted octanol–water partition coefficient (Wildman–Crippen LogP) is 3.80. The third-order valence-corrected chi connectivity index (χ3v) is 2.99. The van der Waals surface area contributed by atoms with Crippen LogP contribution in [0.3, 0.4) is 0 Å². The molecule has 0 radical (unpaired) electrons. The molecule has 2 rings (SSSR count). The van der Waals surface area contributed by atoms with E-state index < -0.39 is 0 Å². The van der Waals surface area contributed by atoms with Crippen LogP contribution in [0.15, 0.2) is 36.4 Å².